The summed E-state index contributed by atoms with van der Waals surface area (Å²) >= 11 is 0. The minimum absolute atomic E-state index is 0.134. The van der Waals surface area contributed by atoms with Gasteiger partial charge in [-0.25, -0.2) is 0 Å². The number of aryl methyl sites for hydroxylation is 1. The van der Waals surface area contributed by atoms with Gasteiger partial charge in [0.15, 0.2) is 0 Å². The van der Waals surface area contributed by atoms with Gasteiger partial charge in [-0.1, -0.05) is 0 Å². The molecule has 7 nitrogen and oxygen atoms in total. The second-order valence-corrected chi connectivity index (χ2v) is 4.04. The predicted octanol–water partition coefficient (Wildman–Crippen LogP) is 1.22. The molecule has 2 aromatic rings. The van der Waals surface area contributed by atoms with Gasteiger partial charge in [-0.2, -0.15) is 0 Å². The number of nitrogens with zero attached hydrogens (tertiary/aromatic N) is 2. The molecule has 0 aliphatic carbocycles. The predicted molar refractivity (Wildman–Crippen MR) is 65.5 cm³/mol. The Bertz CT molecular complexity index is 617. The van der Waals surface area contributed by atoms with Crippen LogP contribution in [-0.4, -0.2) is 26.3 Å². The highest BCUT2D eigenvalue weighted by Gasteiger charge is 2.08. The molecule has 2 heterocycles. The third kappa shape index (κ3) is 3.77. The molecule has 0 aliphatic rings. The maximum atomic E-state index is 11.1. The molecule has 0 saturated carbocycles. The van der Waals surface area contributed by atoms with E-state index in [1.807, 2.05) is 0 Å². The molecule has 0 aromatic carbocycles. The summed E-state index contributed by atoms with van der Waals surface area (Å²) in [5.74, 6) is -0.0743. The van der Waals surface area contributed by atoms with Crippen molar-refractivity contribution in [3.63, 3.8) is 0 Å². The van der Waals surface area contributed by atoms with Crippen molar-refractivity contribution in [2.24, 2.45) is 0 Å². The summed E-state index contributed by atoms with van der Waals surface area (Å²) in [6, 6.07) is 3.05. The molecule has 2 rings (SSSR count). The molecule has 19 heavy (non-hydrogen) atoms. The zero-order valence-electron chi connectivity index (χ0n) is 10.1. The SMILES string of the molecule is O=C(O)CCCCc1nnc(-c2cc[nH]c(=O)c2)o1. The van der Waals surface area contributed by atoms with Gasteiger partial charge in [0, 0.05) is 30.7 Å². The van der Waals surface area contributed by atoms with Gasteiger partial charge in [-0.3, -0.25) is 9.59 Å². The Hall–Kier alpha value is -2.44. The topological polar surface area (TPSA) is 109 Å². The molecule has 7 heteroatoms. The quantitative estimate of drug-likeness (QED) is 0.758. The molecule has 0 bridgehead atoms. The number of aromatic nitrogens is 3. The summed E-state index contributed by atoms with van der Waals surface area (Å²) in [6.07, 6.45) is 3.41. The fraction of sp³-hybridized carbons (Fsp3) is 0.333. The van der Waals surface area contributed by atoms with Crippen LogP contribution >= 0.6 is 0 Å². The highest BCUT2D eigenvalue weighted by atomic mass is 16.4. The molecule has 0 spiro atoms. The van der Waals surface area contributed by atoms with Crippen LogP contribution in [0.1, 0.15) is 25.2 Å². The van der Waals surface area contributed by atoms with Gasteiger partial charge in [-0.05, 0) is 18.9 Å². The third-order valence-corrected chi connectivity index (χ3v) is 2.52. The fourth-order valence-electron chi connectivity index (χ4n) is 1.60. The first-order valence-electron chi connectivity index (χ1n) is 5.88. The van der Waals surface area contributed by atoms with Gasteiger partial charge < -0.3 is 14.5 Å². The number of unbranched alkanes of at least 4 members (excludes halogenated alkanes) is 1. The van der Waals surface area contributed by atoms with Crippen LogP contribution in [0, 0.1) is 0 Å². The Morgan fingerprint density at radius 1 is 1.37 bits per heavy atom. The lowest BCUT2D eigenvalue weighted by atomic mass is 10.2. The summed E-state index contributed by atoms with van der Waals surface area (Å²) in [5, 5.41) is 16.2. The van der Waals surface area contributed by atoms with Crippen molar-refractivity contribution in [2.75, 3.05) is 0 Å². The molecule has 2 N–H and O–H groups in total. The minimum atomic E-state index is -0.810. The van der Waals surface area contributed by atoms with E-state index in [0.29, 0.717) is 36.6 Å². The van der Waals surface area contributed by atoms with Crippen molar-refractivity contribution >= 4 is 5.97 Å². The third-order valence-electron chi connectivity index (χ3n) is 2.52. The van der Waals surface area contributed by atoms with Crippen LogP contribution in [0.4, 0.5) is 0 Å². The summed E-state index contributed by atoms with van der Waals surface area (Å²) in [5.41, 5.74) is 0.326. The van der Waals surface area contributed by atoms with E-state index in [1.165, 1.54) is 12.3 Å². The van der Waals surface area contributed by atoms with Crippen molar-refractivity contribution in [2.45, 2.75) is 25.7 Å². The number of carboxylic acid groups (broad SMARTS) is 1. The first-order chi connectivity index (χ1) is 9.15. The molecule has 2 aromatic heterocycles. The van der Waals surface area contributed by atoms with Crippen molar-refractivity contribution in [1.29, 1.82) is 0 Å². The maximum absolute atomic E-state index is 11.1. The fourth-order valence-corrected chi connectivity index (χ4v) is 1.60. The monoisotopic (exact) mass is 263 g/mol. The summed E-state index contributed by atoms with van der Waals surface area (Å²) in [6.45, 7) is 0. The van der Waals surface area contributed by atoms with Gasteiger partial charge in [0.25, 0.3) is 0 Å². The Morgan fingerprint density at radius 3 is 2.95 bits per heavy atom. The molecule has 100 valence electrons. The zero-order chi connectivity index (χ0) is 13.7. The number of nitrogens with one attached hydrogen (secondary N) is 1. The van der Waals surface area contributed by atoms with Crippen LogP contribution in [0.2, 0.25) is 0 Å². The van der Waals surface area contributed by atoms with Crippen LogP contribution in [0.3, 0.4) is 0 Å². The van der Waals surface area contributed by atoms with E-state index in [1.54, 1.807) is 6.07 Å². The molecular weight excluding hydrogens is 250 g/mol. The lowest BCUT2D eigenvalue weighted by molar-refractivity contribution is -0.137. The number of H-pyrrole nitrogens is 1. The number of pyridine rings is 1. The first kappa shape index (κ1) is 13.0. The molecule has 0 radical (unpaired) electrons. The normalized spacial score (nSPS) is 10.5. The standard InChI is InChI=1S/C12H13N3O4/c16-9-7-8(5-6-13-9)12-15-14-10(19-12)3-1-2-4-11(17)18/h5-7H,1-4H2,(H,13,16)(H,17,18). The number of carbonyl (C=O) groups is 1. The number of aromatic amines is 1. The molecule has 0 atom stereocenters. The highest BCUT2D eigenvalue weighted by molar-refractivity contribution is 5.66. The van der Waals surface area contributed by atoms with E-state index >= 15 is 0 Å². The van der Waals surface area contributed by atoms with Gasteiger partial charge in [0.2, 0.25) is 17.3 Å². The Kier molecular flexibility index (Phi) is 4.07. The maximum Gasteiger partial charge on any atom is 0.303 e. The van der Waals surface area contributed by atoms with E-state index < -0.39 is 5.97 Å². The molecule has 0 fully saturated rings. The van der Waals surface area contributed by atoms with Crippen molar-refractivity contribution in [3.05, 3.63) is 34.6 Å². The number of aliphatic carboxylic acids is 1. The minimum Gasteiger partial charge on any atom is -0.481 e. The van der Waals surface area contributed by atoms with Crippen LogP contribution in [0.25, 0.3) is 11.5 Å². The van der Waals surface area contributed by atoms with Crippen LogP contribution in [0.5, 0.6) is 0 Å². The number of carboxylic acids is 1. The van der Waals surface area contributed by atoms with Gasteiger partial charge in [-0.15, -0.1) is 10.2 Å². The van der Waals surface area contributed by atoms with Crippen molar-refractivity contribution < 1.29 is 14.3 Å². The van der Waals surface area contributed by atoms with Gasteiger partial charge in [0.05, 0.1) is 0 Å². The Labute approximate surface area is 108 Å². The number of hydrogen-bond donors (Lipinski definition) is 2. The number of rotatable bonds is 6. The highest BCUT2D eigenvalue weighted by Crippen LogP contribution is 2.16. The largest absolute Gasteiger partial charge is 0.481 e. The molecule has 0 amide bonds. The van der Waals surface area contributed by atoms with E-state index in [0.717, 1.165) is 0 Å². The summed E-state index contributed by atoms with van der Waals surface area (Å²) in [4.78, 5) is 24.0. The molecular formula is C12H13N3O4. The van der Waals surface area contributed by atoms with E-state index in [2.05, 4.69) is 15.2 Å². The lowest BCUT2D eigenvalue weighted by Gasteiger charge is -1.94. The average Bonchev–Trinajstić information content (AvgIpc) is 2.83. The summed E-state index contributed by atoms with van der Waals surface area (Å²) < 4.78 is 5.41. The zero-order valence-corrected chi connectivity index (χ0v) is 10.1. The first-order valence-corrected chi connectivity index (χ1v) is 5.88. The number of hydrogen-bond acceptors (Lipinski definition) is 5. The average molecular weight is 263 g/mol. The Balaban J connectivity index is 1.95. The van der Waals surface area contributed by atoms with Gasteiger partial charge in [0.1, 0.15) is 0 Å². The van der Waals surface area contributed by atoms with E-state index in [-0.39, 0.29) is 12.0 Å². The Morgan fingerprint density at radius 2 is 2.21 bits per heavy atom. The lowest BCUT2D eigenvalue weighted by Crippen LogP contribution is -2.01. The van der Waals surface area contributed by atoms with E-state index in [9.17, 15) is 9.59 Å². The smallest absolute Gasteiger partial charge is 0.303 e. The van der Waals surface area contributed by atoms with Crippen molar-refractivity contribution in [3.8, 4) is 11.5 Å². The second-order valence-electron chi connectivity index (χ2n) is 4.04. The molecule has 0 aliphatic heterocycles. The van der Waals surface area contributed by atoms with Crippen molar-refractivity contribution in [1.82, 2.24) is 15.2 Å². The van der Waals surface area contributed by atoms with Gasteiger partial charge >= 0.3 is 5.97 Å². The van der Waals surface area contributed by atoms with E-state index in [4.69, 9.17) is 9.52 Å². The molecule has 0 unspecified atom stereocenters. The second kappa shape index (κ2) is 5.94. The van der Waals surface area contributed by atoms with Crippen LogP contribution in [0.15, 0.2) is 27.5 Å². The van der Waals surface area contributed by atoms with Crippen LogP contribution in [-0.2, 0) is 11.2 Å². The molecule has 0 saturated heterocycles. The van der Waals surface area contributed by atoms with Crippen LogP contribution < -0.4 is 5.56 Å². The summed E-state index contributed by atoms with van der Waals surface area (Å²) in [7, 11) is 0.